The number of carbonyl (C=O) groups is 1. The standard InChI is InChI=1S/C11H13NO2/c1-12(2)8-10(11(13)14)9-6-4-3-5-7-9/h3-8H,1-2H3,(H,13,14)/b10-8+. The van der Waals surface area contributed by atoms with Gasteiger partial charge in [0.15, 0.2) is 0 Å². The van der Waals surface area contributed by atoms with E-state index in [0.29, 0.717) is 11.1 Å². The van der Waals surface area contributed by atoms with Gasteiger partial charge in [0.2, 0.25) is 0 Å². The summed E-state index contributed by atoms with van der Waals surface area (Å²) >= 11 is 0. The van der Waals surface area contributed by atoms with Gasteiger partial charge >= 0.3 is 5.97 Å². The van der Waals surface area contributed by atoms with Crippen LogP contribution in [0.1, 0.15) is 5.56 Å². The Morgan fingerprint density at radius 1 is 1.29 bits per heavy atom. The molecule has 0 heterocycles. The zero-order valence-corrected chi connectivity index (χ0v) is 8.27. The van der Waals surface area contributed by atoms with Crippen molar-refractivity contribution < 1.29 is 9.90 Å². The fourth-order valence-electron chi connectivity index (χ4n) is 1.13. The molecule has 0 fully saturated rings. The lowest BCUT2D eigenvalue weighted by Crippen LogP contribution is -2.07. The van der Waals surface area contributed by atoms with Crippen LogP contribution in [0.4, 0.5) is 0 Å². The minimum absolute atomic E-state index is 0.301. The average Bonchev–Trinajstić information content (AvgIpc) is 2.15. The van der Waals surface area contributed by atoms with E-state index in [1.165, 1.54) is 0 Å². The molecule has 1 N–H and O–H groups in total. The second kappa shape index (κ2) is 4.46. The average molecular weight is 191 g/mol. The summed E-state index contributed by atoms with van der Waals surface area (Å²) in [6.07, 6.45) is 1.59. The van der Waals surface area contributed by atoms with Crippen LogP contribution in [0, 0.1) is 0 Å². The zero-order valence-electron chi connectivity index (χ0n) is 8.27. The number of benzene rings is 1. The van der Waals surface area contributed by atoms with Crippen LogP contribution in [0.2, 0.25) is 0 Å². The van der Waals surface area contributed by atoms with E-state index in [4.69, 9.17) is 5.11 Å². The van der Waals surface area contributed by atoms with Crippen LogP contribution in [-0.4, -0.2) is 30.1 Å². The van der Waals surface area contributed by atoms with Crippen LogP contribution < -0.4 is 0 Å². The quantitative estimate of drug-likeness (QED) is 0.739. The summed E-state index contributed by atoms with van der Waals surface area (Å²) in [6, 6.07) is 9.06. The van der Waals surface area contributed by atoms with Crippen molar-refractivity contribution in [3.05, 3.63) is 42.1 Å². The number of carboxylic acids is 1. The molecule has 0 aliphatic heterocycles. The molecule has 0 saturated carbocycles. The maximum Gasteiger partial charge on any atom is 0.337 e. The number of carboxylic acid groups (broad SMARTS) is 1. The lowest BCUT2D eigenvalue weighted by Gasteiger charge is -2.08. The summed E-state index contributed by atoms with van der Waals surface area (Å²) in [4.78, 5) is 12.7. The van der Waals surface area contributed by atoms with Gasteiger partial charge in [-0.25, -0.2) is 4.79 Å². The second-order valence-corrected chi connectivity index (χ2v) is 3.18. The van der Waals surface area contributed by atoms with Crippen LogP contribution in [0.5, 0.6) is 0 Å². The van der Waals surface area contributed by atoms with Crippen LogP contribution in [0.15, 0.2) is 36.5 Å². The third-order valence-electron chi connectivity index (χ3n) is 1.70. The number of aliphatic carboxylic acids is 1. The molecule has 0 amide bonds. The number of hydrogen-bond donors (Lipinski definition) is 1. The molecule has 3 nitrogen and oxygen atoms in total. The van der Waals surface area contributed by atoms with Crippen molar-refractivity contribution in [2.24, 2.45) is 0 Å². The highest BCUT2D eigenvalue weighted by Gasteiger charge is 2.09. The normalized spacial score (nSPS) is 11.1. The van der Waals surface area contributed by atoms with Gasteiger partial charge in [-0.1, -0.05) is 30.3 Å². The van der Waals surface area contributed by atoms with Gasteiger partial charge in [0.25, 0.3) is 0 Å². The Morgan fingerprint density at radius 3 is 2.29 bits per heavy atom. The Morgan fingerprint density at radius 2 is 1.86 bits per heavy atom. The molecule has 0 bridgehead atoms. The molecule has 1 rings (SSSR count). The highest BCUT2D eigenvalue weighted by atomic mass is 16.4. The maximum absolute atomic E-state index is 10.9. The van der Waals surface area contributed by atoms with E-state index < -0.39 is 5.97 Å². The molecular formula is C11H13NO2. The molecule has 0 aliphatic rings. The Kier molecular flexibility index (Phi) is 3.29. The predicted octanol–water partition coefficient (Wildman–Crippen LogP) is 1.67. The van der Waals surface area contributed by atoms with Gasteiger partial charge in [-0.3, -0.25) is 0 Å². The fraction of sp³-hybridized carbons (Fsp3) is 0.182. The molecular weight excluding hydrogens is 178 g/mol. The molecule has 0 aliphatic carbocycles. The van der Waals surface area contributed by atoms with Crippen molar-refractivity contribution in [1.29, 1.82) is 0 Å². The van der Waals surface area contributed by atoms with Crippen LogP contribution in [0.25, 0.3) is 5.57 Å². The first-order chi connectivity index (χ1) is 6.61. The Hall–Kier alpha value is -1.77. The number of rotatable bonds is 3. The third-order valence-corrected chi connectivity index (χ3v) is 1.70. The molecule has 0 radical (unpaired) electrons. The van der Waals surface area contributed by atoms with E-state index in [2.05, 4.69) is 0 Å². The highest BCUT2D eigenvalue weighted by molar-refractivity contribution is 6.15. The zero-order chi connectivity index (χ0) is 10.6. The van der Waals surface area contributed by atoms with Crippen molar-refractivity contribution in [1.82, 2.24) is 4.90 Å². The highest BCUT2D eigenvalue weighted by Crippen LogP contribution is 2.14. The van der Waals surface area contributed by atoms with Gasteiger partial charge in [0, 0.05) is 20.3 Å². The van der Waals surface area contributed by atoms with E-state index in [1.807, 2.05) is 18.2 Å². The summed E-state index contributed by atoms with van der Waals surface area (Å²) < 4.78 is 0. The summed E-state index contributed by atoms with van der Waals surface area (Å²) in [5.41, 5.74) is 1.02. The van der Waals surface area contributed by atoms with Crippen molar-refractivity contribution >= 4 is 11.5 Å². The van der Waals surface area contributed by atoms with Gasteiger partial charge in [0.05, 0.1) is 5.57 Å². The van der Waals surface area contributed by atoms with E-state index in [-0.39, 0.29) is 0 Å². The van der Waals surface area contributed by atoms with E-state index in [9.17, 15) is 4.79 Å². The Balaban J connectivity index is 3.08. The predicted molar refractivity (Wildman–Crippen MR) is 55.7 cm³/mol. The lowest BCUT2D eigenvalue weighted by atomic mass is 10.1. The van der Waals surface area contributed by atoms with Crippen molar-refractivity contribution in [3.8, 4) is 0 Å². The van der Waals surface area contributed by atoms with Gasteiger partial charge < -0.3 is 10.0 Å². The first kappa shape index (κ1) is 10.3. The molecule has 0 aromatic heterocycles. The molecule has 1 aromatic rings. The summed E-state index contributed by atoms with van der Waals surface area (Å²) in [6.45, 7) is 0. The summed E-state index contributed by atoms with van der Waals surface area (Å²) in [7, 11) is 3.60. The molecule has 1 aromatic carbocycles. The van der Waals surface area contributed by atoms with Crippen molar-refractivity contribution in [2.75, 3.05) is 14.1 Å². The Labute approximate surface area is 83.3 Å². The van der Waals surface area contributed by atoms with Crippen LogP contribution in [-0.2, 0) is 4.79 Å². The SMILES string of the molecule is CN(C)/C=C(/C(=O)O)c1ccccc1. The smallest absolute Gasteiger partial charge is 0.337 e. The molecule has 74 valence electrons. The van der Waals surface area contributed by atoms with Gasteiger partial charge in [0.1, 0.15) is 0 Å². The topological polar surface area (TPSA) is 40.5 Å². The lowest BCUT2D eigenvalue weighted by molar-refractivity contribution is -0.130. The van der Waals surface area contributed by atoms with Gasteiger partial charge in [-0.05, 0) is 5.56 Å². The Bertz CT molecular complexity index is 342. The second-order valence-electron chi connectivity index (χ2n) is 3.18. The summed E-state index contributed by atoms with van der Waals surface area (Å²) in [5.74, 6) is -0.912. The largest absolute Gasteiger partial charge is 0.478 e. The first-order valence-corrected chi connectivity index (χ1v) is 4.28. The molecule has 0 unspecified atom stereocenters. The van der Waals surface area contributed by atoms with Crippen LogP contribution in [0.3, 0.4) is 0 Å². The molecule has 0 spiro atoms. The third kappa shape index (κ3) is 2.62. The summed E-state index contributed by atoms with van der Waals surface area (Å²) in [5, 5.41) is 8.98. The van der Waals surface area contributed by atoms with Crippen LogP contribution >= 0.6 is 0 Å². The minimum atomic E-state index is -0.912. The first-order valence-electron chi connectivity index (χ1n) is 4.28. The van der Waals surface area contributed by atoms with Crippen molar-refractivity contribution in [2.45, 2.75) is 0 Å². The molecule has 0 atom stereocenters. The van der Waals surface area contributed by atoms with E-state index >= 15 is 0 Å². The van der Waals surface area contributed by atoms with Gasteiger partial charge in [-0.15, -0.1) is 0 Å². The maximum atomic E-state index is 10.9. The molecule has 14 heavy (non-hydrogen) atoms. The molecule has 3 heteroatoms. The van der Waals surface area contributed by atoms with Crippen molar-refractivity contribution in [3.63, 3.8) is 0 Å². The van der Waals surface area contributed by atoms with E-state index in [0.717, 1.165) is 0 Å². The number of nitrogens with zero attached hydrogens (tertiary/aromatic N) is 1. The molecule has 0 saturated heterocycles. The van der Waals surface area contributed by atoms with Gasteiger partial charge in [-0.2, -0.15) is 0 Å². The minimum Gasteiger partial charge on any atom is -0.478 e. The fourth-order valence-corrected chi connectivity index (χ4v) is 1.13. The number of hydrogen-bond acceptors (Lipinski definition) is 2. The monoisotopic (exact) mass is 191 g/mol. The van der Waals surface area contributed by atoms with E-state index in [1.54, 1.807) is 37.3 Å².